The molecular formula is C13H22O2. The van der Waals surface area contributed by atoms with Gasteiger partial charge < -0.3 is 4.74 Å². The van der Waals surface area contributed by atoms with Gasteiger partial charge in [-0.25, -0.2) is 0 Å². The number of ketones is 1. The first-order valence-electron chi connectivity index (χ1n) is 5.76. The van der Waals surface area contributed by atoms with Gasteiger partial charge in [-0.2, -0.15) is 0 Å². The first-order valence-corrected chi connectivity index (χ1v) is 5.76. The third-order valence-corrected chi connectivity index (χ3v) is 3.11. The molecule has 0 aromatic rings. The molecular weight excluding hydrogens is 188 g/mol. The number of rotatable bonds is 4. The lowest BCUT2D eigenvalue weighted by Crippen LogP contribution is -2.28. The summed E-state index contributed by atoms with van der Waals surface area (Å²) >= 11 is 0. The Balaban J connectivity index is 2.40. The van der Waals surface area contributed by atoms with Crippen LogP contribution < -0.4 is 0 Å². The van der Waals surface area contributed by atoms with Crippen molar-refractivity contribution < 1.29 is 9.53 Å². The number of hydrogen-bond acceptors (Lipinski definition) is 2. The van der Waals surface area contributed by atoms with Gasteiger partial charge in [0.25, 0.3) is 0 Å². The molecule has 0 aromatic heterocycles. The van der Waals surface area contributed by atoms with Crippen LogP contribution in [0.1, 0.15) is 40.0 Å². The molecule has 0 radical (unpaired) electrons. The Kier molecular flexibility index (Phi) is 4.52. The molecule has 2 nitrogen and oxygen atoms in total. The average molecular weight is 210 g/mol. The van der Waals surface area contributed by atoms with E-state index in [4.69, 9.17) is 4.74 Å². The van der Waals surface area contributed by atoms with Gasteiger partial charge in [-0.15, -0.1) is 0 Å². The highest BCUT2D eigenvalue weighted by Crippen LogP contribution is 2.34. The van der Waals surface area contributed by atoms with Gasteiger partial charge in [0.05, 0.1) is 6.10 Å². The molecule has 0 saturated heterocycles. The summed E-state index contributed by atoms with van der Waals surface area (Å²) in [6.07, 6.45) is 3.57. The van der Waals surface area contributed by atoms with Crippen molar-refractivity contribution >= 4 is 5.78 Å². The normalized spacial score (nSPS) is 28.9. The largest absolute Gasteiger partial charge is 0.370 e. The van der Waals surface area contributed by atoms with E-state index in [1.54, 1.807) is 6.92 Å². The minimum absolute atomic E-state index is 0.101. The number of ether oxygens (including phenoxy) is 1. The monoisotopic (exact) mass is 210 g/mol. The van der Waals surface area contributed by atoms with Crippen LogP contribution in [-0.2, 0) is 9.53 Å². The van der Waals surface area contributed by atoms with Crippen LogP contribution in [0.4, 0.5) is 0 Å². The Bertz CT molecular complexity index is 245. The number of hydrogen-bond donors (Lipinski definition) is 0. The van der Waals surface area contributed by atoms with Crippen LogP contribution in [-0.4, -0.2) is 18.5 Å². The molecule has 1 aliphatic rings. The van der Waals surface area contributed by atoms with Crippen molar-refractivity contribution in [2.24, 2.45) is 11.8 Å². The lowest BCUT2D eigenvalue weighted by Gasteiger charge is -2.32. The highest BCUT2D eigenvalue weighted by Gasteiger charge is 2.26. The Morgan fingerprint density at radius 1 is 1.60 bits per heavy atom. The summed E-state index contributed by atoms with van der Waals surface area (Å²) in [6.45, 7) is 10.2. The van der Waals surface area contributed by atoms with Gasteiger partial charge >= 0.3 is 0 Å². The predicted molar refractivity (Wildman–Crippen MR) is 61.7 cm³/mol. The second-order valence-corrected chi connectivity index (χ2v) is 4.98. The maximum Gasteiger partial charge on any atom is 0.155 e. The molecule has 1 saturated carbocycles. The molecule has 1 aliphatic carbocycles. The fourth-order valence-electron chi connectivity index (χ4n) is 2.37. The van der Waals surface area contributed by atoms with Crippen molar-refractivity contribution in [3.05, 3.63) is 12.2 Å². The molecule has 1 rings (SSSR count). The van der Waals surface area contributed by atoms with Crippen LogP contribution >= 0.6 is 0 Å². The minimum Gasteiger partial charge on any atom is -0.370 e. The zero-order valence-corrected chi connectivity index (χ0v) is 10.1. The number of carbonyl (C=O) groups excluding carboxylic acids is 1. The fraction of sp³-hybridized carbons (Fsp3) is 0.769. The van der Waals surface area contributed by atoms with E-state index in [9.17, 15) is 4.79 Å². The van der Waals surface area contributed by atoms with Gasteiger partial charge in [0.2, 0.25) is 0 Å². The van der Waals surface area contributed by atoms with E-state index >= 15 is 0 Å². The maximum absolute atomic E-state index is 10.8. The SMILES string of the molecule is C=C1CC(C)CC(C(C)OCC(C)=O)C1. The van der Waals surface area contributed by atoms with Crippen LogP contribution in [0, 0.1) is 11.8 Å². The second kappa shape index (κ2) is 5.45. The van der Waals surface area contributed by atoms with E-state index in [1.165, 1.54) is 12.0 Å². The second-order valence-electron chi connectivity index (χ2n) is 4.98. The Morgan fingerprint density at radius 2 is 2.27 bits per heavy atom. The standard InChI is InChI=1S/C13H22O2/c1-9-5-10(2)7-13(6-9)12(4)15-8-11(3)14/h10,12-13H,1,5-8H2,2-4H3. The summed E-state index contributed by atoms with van der Waals surface area (Å²) in [6, 6.07) is 0. The topological polar surface area (TPSA) is 26.3 Å². The van der Waals surface area contributed by atoms with Crippen LogP contribution in [0.3, 0.4) is 0 Å². The Hall–Kier alpha value is -0.630. The highest BCUT2D eigenvalue weighted by atomic mass is 16.5. The quantitative estimate of drug-likeness (QED) is 0.667. The van der Waals surface area contributed by atoms with Gasteiger partial charge in [-0.1, -0.05) is 19.1 Å². The number of allylic oxidation sites excluding steroid dienone is 1. The molecule has 0 aliphatic heterocycles. The van der Waals surface area contributed by atoms with E-state index in [0.717, 1.165) is 12.8 Å². The average Bonchev–Trinajstić information content (AvgIpc) is 2.12. The van der Waals surface area contributed by atoms with Crippen molar-refractivity contribution in [2.45, 2.75) is 46.1 Å². The van der Waals surface area contributed by atoms with E-state index in [1.807, 2.05) is 0 Å². The number of Topliss-reactive ketones (excluding diaryl/α,β-unsaturated/α-hetero) is 1. The maximum atomic E-state index is 10.8. The zero-order valence-electron chi connectivity index (χ0n) is 10.1. The lowest BCUT2D eigenvalue weighted by molar-refractivity contribution is -0.124. The molecule has 3 unspecified atom stereocenters. The van der Waals surface area contributed by atoms with Crippen LogP contribution in [0.25, 0.3) is 0 Å². The Morgan fingerprint density at radius 3 is 2.80 bits per heavy atom. The third kappa shape index (κ3) is 4.17. The molecule has 0 heterocycles. The first kappa shape index (κ1) is 12.4. The van der Waals surface area contributed by atoms with E-state index in [2.05, 4.69) is 20.4 Å². The summed E-state index contributed by atoms with van der Waals surface area (Å²) < 4.78 is 5.55. The third-order valence-electron chi connectivity index (χ3n) is 3.11. The molecule has 3 atom stereocenters. The van der Waals surface area contributed by atoms with Crippen LogP contribution in [0.5, 0.6) is 0 Å². The van der Waals surface area contributed by atoms with Crippen LogP contribution in [0.15, 0.2) is 12.2 Å². The summed E-state index contributed by atoms with van der Waals surface area (Å²) in [5, 5.41) is 0. The minimum atomic E-state index is 0.101. The molecule has 1 fully saturated rings. The van der Waals surface area contributed by atoms with Gasteiger partial charge in [-0.3, -0.25) is 4.79 Å². The van der Waals surface area contributed by atoms with Crippen molar-refractivity contribution in [3.8, 4) is 0 Å². The first-order chi connectivity index (χ1) is 6.99. The predicted octanol–water partition coefficient (Wildman–Crippen LogP) is 2.97. The van der Waals surface area contributed by atoms with Gasteiger partial charge in [0.1, 0.15) is 6.61 Å². The lowest BCUT2D eigenvalue weighted by atomic mass is 9.78. The van der Waals surface area contributed by atoms with Crippen molar-refractivity contribution in [2.75, 3.05) is 6.61 Å². The molecule has 0 N–H and O–H groups in total. The summed E-state index contributed by atoms with van der Waals surface area (Å²) in [4.78, 5) is 10.8. The molecule has 15 heavy (non-hydrogen) atoms. The van der Waals surface area contributed by atoms with E-state index in [-0.39, 0.29) is 18.5 Å². The van der Waals surface area contributed by atoms with Gasteiger partial charge in [0.15, 0.2) is 5.78 Å². The van der Waals surface area contributed by atoms with E-state index < -0.39 is 0 Å². The van der Waals surface area contributed by atoms with Crippen molar-refractivity contribution in [1.29, 1.82) is 0 Å². The zero-order chi connectivity index (χ0) is 11.4. The number of carbonyl (C=O) groups is 1. The molecule has 2 heteroatoms. The highest BCUT2D eigenvalue weighted by molar-refractivity contribution is 5.76. The molecule has 0 bridgehead atoms. The molecule has 0 aromatic carbocycles. The molecule has 86 valence electrons. The van der Waals surface area contributed by atoms with E-state index in [0.29, 0.717) is 11.8 Å². The molecule has 0 spiro atoms. The summed E-state index contributed by atoms with van der Waals surface area (Å²) in [5.74, 6) is 1.35. The van der Waals surface area contributed by atoms with Crippen LogP contribution in [0.2, 0.25) is 0 Å². The smallest absolute Gasteiger partial charge is 0.155 e. The summed E-state index contributed by atoms with van der Waals surface area (Å²) in [5.41, 5.74) is 1.33. The van der Waals surface area contributed by atoms with Gasteiger partial charge in [0, 0.05) is 0 Å². The van der Waals surface area contributed by atoms with Crippen molar-refractivity contribution in [3.63, 3.8) is 0 Å². The fourth-order valence-corrected chi connectivity index (χ4v) is 2.37. The Labute approximate surface area is 92.7 Å². The van der Waals surface area contributed by atoms with Crippen molar-refractivity contribution in [1.82, 2.24) is 0 Å². The summed E-state index contributed by atoms with van der Waals surface area (Å²) in [7, 11) is 0. The molecule has 0 amide bonds. The van der Waals surface area contributed by atoms with Gasteiger partial charge in [-0.05, 0) is 44.9 Å².